The number of benzene rings is 2. The first-order valence-electron chi connectivity index (χ1n) is 14.5. The molecule has 45 heavy (non-hydrogen) atoms. The third kappa shape index (κ3) is 5.67. The van der Waals surface area contributed by atoms with Crippen molar-refractivity contribution in [2.45, 2.75) is 31.9 Å². The molecule has 1 unspecified atom stereocenters. The van der Waals surface area contributed by atoms with Crippen molar-refractivity contribution in [1.82, 2.24) is 24.1 Å². The van der Waals surface area contributed by atoms with Gasteiger partial charge in [-0.3, -0.25) is 14.3 Å². The first-order valence-corrected chi connectivity index (χ1v) is 15.4. The molecule has 0 saturated heterocycles. The summed E-state index contributed by atoms with van der Waals surface area (Å²) in [6.07, 6.45) is 9.11. The largest absolute Gasteiger partial charge is 0.369 e. The Morgan fingerprint density at radius 1 is 1.02 bits per heavy atom. The summed E-state index contributed by atoms with van der Waals surface area (Å²) in [7, 11) is 1.95. The van der Waals surface area contributed by atoms with Crippen LogP contribution in [0.3, 0.4) is 0 Å². The summed E-state index contributed by atoms with van der Waals surface area (Å²) >= 11 is 1.26. The fraction of sp³-hybridized carbons (Fsp3) is 0.176. The van der Waals surface area contributed by atoms with E-state index in [1.165, 1.54) is 63.4 Å². The number of aliphatic hydroxyl groups excluding tert-OH is 1. The molecule has 2 aromatic carbocycles. The smallest absolute Gasteiger partial charge is 0.264 e. The van der Waals surface area contributed by atoms with Gasteiger partial charge in [-0.15, -0.1) is 11.3 Å². The summed E-state index contributed by atoms with van der Waals surface area (Å²) in [6, 6.07) is 13.8. The van der Waals surface area contributed by atoms with Gasteiger partial charge in [0, 0.05) is 31.5 Å². The third-order valence-electron chi connectivity index (χ3n) is 8.05. The van der Waals surface area contributed by atoms with E-state index in [-0.39, 0.29) is 5.56 Å². The van der Waals surface area contributed by atoms with Gasteiger partial charge in [-0.25, -0.2) is 18.7 Å². The zero-order valence-corrected chi connectivity index (χ0v) is 25.1. The fourth-order valence-corrected chi connectivity index (χ4v) is 6.57. The number of hydrogen-bond donors (Lipinski definition) is 2. The number of aliphatic hydroxyl groups is 1. The minimum atomic E-state index is -1.43. The Morgan fingerprint density at radius 2 is 1.84 bits per heavy atom. The lowest BCUT2D eigenvalue weighted by Crippen LogP contribution is -2.27. The summed E-state index contributed by atoms with van der Waals surface area (Å²) < 4.78 is 32.1. The predicted octanol–water partition coefficient (Wildman–Crippen LogP) is 6.23. The van der Waals surface area contributed by atoms with Crippen molar-refractivity contribution < 1.29 is 13.9 Å². The molecule has 0 amide bonds. The van der Waals surface area contributed by atoms with Gasteiger partial charge in [0.1, 0.15) is 16.5 Å². The van der Waals surface area contributed by atoms with Crippen LogP contribution in [0.1, 0.15) is 46.3 Å². The Hall–Kier alpha value is -5.00. The number of fused-ring (bicyclic) bond motifs is 2. The molecule has 0 bridgehead atoms. The molecule has 8 nitrogen and oxygen atoms in total. The molecule has 4 heterocycles. The van der Waals surface area contributed by atoms with Crippen molar-refractivity contribution in [3.05, 3.63) is 134 Å². The Balaban J connectivity index is 1.03. The van der Waals surface area contributed by atoms with Gasteiger partial charge in [-0.05, 0) is 96.1 Å². The number of hydrogen-bond acceptors (Lipinski definition) is 7. The van der Waals surface area contributed by atoms with Gasteiger partial charge in [0.05, 0.1) is 40.0 Å². The van der Waals surface area contributed by atoms with E-state index in [2.05, 4.69) is 26.3 Å². The van der Waals surface area contributed by atoms with Gasteiger partial charge >= 0.3 is 0 Å². The zero-order chi connectivity index (χ0) is 31.1. The Morgan fingerprint density at radius 3 is 2.62 bits per heavy atom. The Labute approximate surface area is 261 Å². The van der Waals surface area contributed by atoms with E-state index in [1.54, 1.807) is 24.0 Å². The number of pyridine rings is 2. The second-order valence-electron chi connectivity index (χ2n) is 11.1. The topological polar surface area (TPSA) is 97.9 Å². The van der Waals surface area contributed by atoms with Gasteiger partial charge in [-0.2, -0.15) is 0 Å². The van der Waals surface area contributed by atoms with Gasteiger partial charge < -0.3 is 15.0 Å². The molecule has 2 N–H and O–H groups in total. The summed E-state index contributed by atoms with van der Waals surface area (Å²) in [5.74, 6) is -0.825. The number of anilines is 1. The summed E-state index contributed by atoms with van der Waals surface area (Å²) in [6.45, 7) is 0. The Kier molecular flexibility index (Phi) is 7.56. The van der Waals surface area contributed by atoms with E-state index in [9.17, 15) is 14.3 Å². The van der Waals surface area contributed by atoms with E-state index in [1.807, 2.05) is 30.1 Å². The SMILES string of the molecule is Cn1cnc(C2=Cc3nccc(CCCc4ccc(NC(O)c5cc6ncsc6n(-c6ccc(F)cc6)c5=O)cc4F)c3C2)c1. The van der Waals surface area contributed by atoms with Crippen molar-refractivity contribution in [3.8, 4) is 5.69 Å². The molecule has 4 aromatic heterocycles. The minimum Gasteiger partial charge on any atom is -0.369 e. The van der Waals surface area contributed by atoms with E-state index in [0.717, 1.165) is 36.2 Å². The highest BCUT2D eigenvalue weighted by atomic mass is 32.1. The van der Waals surface area contributed by atoms with Crippen LogP contribution in [0.2, 0.25) is 0 Å². The second kappa shape index (κ2) is 11.8. The molecule has 226 valence electrons. The molecule has 0 saturated carbocycles. The molecular formula is C34H28F2N6O2S. The van der Waals surface area contributed by atoms with Crippen LogP contribution in [0.4, 0.5) is 14.5 Å². The maximum absolute atomic E-state index is 15.2. The number of nitrogens with zero attached hydrogens (tertiary/aromatic N) is 5. The van der Waals surface area contributed by atoms with Crippen LogP contribution < -0.4 is 10.9 Å². The number of thiazole rings is 1. The molecule has 7 rings (SSSR count). The molecule has 0 spiro atoms. The van der Waals surface area contributed by atoms with Crippen molar-refractivity contribution >= 4 is 39.0 Å². The van der Waals surface area contributed by atoms with Crippen molar-refractivity contribution in [3.63, 3.8) is 0 Å². The first kappa shape index (κ1) is 28.8. The van der Waals surface area contributed by atoms with Crippen LogP contribution in [0.15, 0.2) is 83.6 Å². The highest BCUT2D eigenvalue weighted by molar-refractivity contribution is 7.16. The lowest BCUT2D eigenvalue weighted by molar-refractivity contribution is 0.206. The number of halogens is 2. The lowest BCUT2D eigenvalue weighted by Gasteiger charge is -2.17. The standard InChI is InChI=1S/C34H28F2N6O2S/c1-41-17-31(38-18-41)22-13-26-20(11-12-37-29(26)14-22)3-2-4-21-5-8-24(15-28(21)36)40-32(43)27-16-30-34(45-19-39-30)42(33(27)44)25-9-6-23(35)7-10-25/h5-12,14-19,32,40,43H,2-4,13H2,1H3. The second-order valence-corrected chi connectivity index (χ2v) is 11.9. The number of imidazole rings is 1. The average molecular weight is 623 g/mol. The fourth-order valence-electron chi connectivity index (χ4n) is 5.77. The van der Waals surface area contributed by atoms with E-state index in [0.29, 0.717) is 33.7 Å². The minimum absolute atomic E-state index is 0.0350. The number of aryl methyl sites for hydroxylation is 3. The lowest BCUT2D eigenvalue weighted by atomic mass is 9.98. The van der Waals surface area contributed by atoms with Crippen molar-refractivity contribution in [2.24, 2.45) is 7.05 Å². The van der Waals surface area contributed by atoms with Crippen molar-refractivity contribution in [1.29, 1.82) is 0 Å². The van der Waals surface area contributed by atoms with E-state index >= 15 is 4.39 Å². The number of rotatable bonds is 9. The highest BCUT2D eigenvalue weighted by Crippen LogP contribution is 2.32. The molecule has 1 atom stereocenters. The van der Waals surface area contributed by atoms with Crippen LogP contribution in [-0.4, -0.2) is 29.2 Å². The van der Waals surface area contributed by atoms with Crippen molar-refractivity contribution in [2.75, 3.05) is 5.32 Å². The Bertz CT molecular complexity index is 2130. The van der Waals surface area contributed by atoms with Crippen LogP contribution in [0.25, 0.3) is 27.7 Å². The van der Waals surface area contributed by atoms with Gasteiger partial charge in [0.25, 0.3) is 5.56 Å². The maximum Gasteiger partial charge on any atom is 0.264 e. The zero-order valence-electron chi connectivity index (χ0n) is 24.2. The van der Waals surface area contributed by atoms with Crippen LogP contribution in [-0.2, 0) is 26.3 Å². The van der Waals surface area contributed by atoms with Gasteiger partial charge in [0.15, 0.2) is 6.23 Å². The number of aromatic nitrogens is 5. The highest BCUT2D eigenvalue weighted by Gasteiger charge is 2.21. The summed E-state index contributed by atoms with van der Waals surface area (Å²) in [5.41, 5.74) is 8.44. The first-order chi connectivity index (χ1) is 21.8. The van der Waals surface area contributed by atoms with E-state index < -0.39 is 23.4 Å². The molecule has 6 aromatic rings. The van der Waals surface area contributed by atoms with Crippen LogP contribution in [0, 0.1) is 11.6 Å². The molecule has 0 radical (unpaired) electrons. The molecular weight excluding hydrogens is 594 g/mol. The molecule has 1 aliphatic rings. The molecule has 0 fully saturated rings. The maximum atomic E-state index is 15.2. The molecule has 1 aliphatic carbocycles. The van der Waals surface area contributed by atoms with E-state index in [4.69, 9.17) is 0 Å². The molecule has 0 aliphatic heterocycles. The average Bonchev–Trinajstić information content (AvgIpc) is 3.78. The van der Waals surface area contributed by atoms with Gasteiger partial charge in [0.2, 0.25) is 0 Å². The van der Waals surface area contributed by atoms with Gasteiger partial charge in [-0.1, -0.05) is 6.07 Å². The quantitative estimate of drug-likeness (QED) is 0.186. The van der Waals surface area contributed by atoms with Crippen LogP contribution in [0.5, 0.6) is 0 Å². The summed E-state index contributed by atoms with van der Waals surface area (Å²) in [4.78, 5) is 27.4. The third-order valence-corrected chi connectivity index (χ3v) is 8.87. The molecule has 11 heteroatoms. The number of allylic oxidation sites excluding steroid dienone is 1. The summed E-state index contributed by atoms with van der Waals surface area (Å²) in [5, 5.41) is 13.9. The monoisotopic (exact) mass is 622 g/mol. The normalized spacial score (nSPS) is 13.2. The van der Waals surface area contributed by atoms with Crippen LogP contribution >= 0.6 is 11.3 Å². The number of nitrogens with one attached hydrogen (secondary N) is 1. The predicted molar refractivity (Wildman–Crippen MR) is 171 cm³/mol.